The number of nitrogens with zero attached hydrogens (tertiary/aromatic N) is 2. The van der Waals surface area contributed by atoms with Gasteiger partial charge >= 0.3 is 0 Å². The van der Waals surface area contributed by atoms with Crippen molar-refractivity contribution in [2.24, 2.45) is 16.7 Å². The Labute approximate surface area is 127 Å². The second-order valence-electron chi connectivity index (χ2n) is 7.94. The van der Waals surface area contributed by atoms with E-state index >= 15 is 0 Å². The lowest BCUT2D eigenvalue weighted by Gasteiger charge is -2.42. The third-order valence-corrected chi connectivity index (χ3v) is 6.82. The molecule has 1 aliphatic heterocycles. The highest BCUT2D eigenvalue weighted by atomic mass is 16.2. The zero-order valence-corrected chi connectivity index (χ0v) is 13.8. The van der Waals surface area contributed by atoms with Crippen molar-refractivity contribution in [1.82, 2.24) is 9.80 Å². The largest absolute Gasteiger partial charge is 0.342 e. The molecule has 1 heterocycles. The molecule has 2 bridgehead atoms. The molecule has 21 heavy (non-hydrogen) atoms. The molecule has 2 unspecified atom stereocenters. The number of fused-ring (bicyclic) bond motifs is 2. The number of amides is 1. The highest BCUT2D eigenvalue weighted by molar-refractivity contribution is 6.09. The van der Waals surface area contributed by atoms with Gasteiger partial charge in [-0.15, -0.1) is 0 Å². The number of carbonyl (C=O) groups excluding carboxylic acids is 2. The molecule has 4 nitrogen and oxygen atoms in total. The molecule has 4 heteroatoms. The highest BCUT2D eigenvalue weighted by Gasteiger charge is 2.68. The smallest absolute Gasteiger partial charge is 0.236 e. The summed E-state index contributed by atoms with van der Waals surface area (Å²) >= 11 is 0. The van der Waals surface area contributed by atoms with Crippen LogP contribution in [-0.4, -0.2) is 54.7 Å². The highest BCUT2D eigenvalue weighted by Crippen LogP contribution is 2.64. The summed E-state index contributed by atoms with van der Waals surface area (Å²) in [7, 11) is 4.05. The van der Waals surface area contributed by atoms with Gasteiger partial charge in [0.25, 0.3) is 0 Å². The minimum atomic E-state index is -0.726. The Morgan fingerprint density at radius 1 is 1.24 bits per heavy atom. The van der Waals surface area contributed by atoms with Crippen LogP contribution in [0.15, 0.2) is 0 Å². The molecule has 3 fully saturated rings. The summed E-state index contributed by atoms with van der Waals surface area (Å²) in [5.74, 6) is 0.709. The molecule has 1 amide bonds. The van der Waals surface area contributed by atoms with E-state index in [9.17, 15) is 9.59 Å². The van der Waals surface area contributed by atoms with Crippen LogP contribution in [-0.2, 0) is 9.59 Å². The molecule has 3 aliphatic rings. The van der Waals surface area contributed by atoms with Crippen LogP contribution in [0.1, 0.15) is 46.0 Å². The summed E-state index contributed by atoms with van der Waals surface area (Å²) in [5, 5.41) is 0. The number of Topliss-reactive ketones (excluding diaryl/α,β-unsaturated/α-hetero) is 1. The second kappa shape index (κ2) is 4.80. The zero-order valence-electron chi connectivity index (χ0n) is 13.8. The second-order valence-corrected chi connectivity index (χ2v) is 7.94. The predicted molar refractivity (Wildman–Crippen MR) is 81.9 cm³/mol. The van der Waals surface area contributed by atoms with Crippen molar-refractivity contribution in [2.75, 3.05) is 27.2 Å². The van der Waals surface area contributed by atoms with Crippen LogP contribution in [0.3, 0.4) is 0 Å². The molecule has 0 aromatic heterocycles. The van der Waals surface area contributed by atoms with Gasteiger partial charge in [0.1, 0.15) is 11.2 Å². The monoisotopic (exact) mass is 292 g/mol. The zero-order chi connectivity index (χ0) is 15.4. The van der Waals surface area contributed by atoms with Crippen LogP contribution in [0.25, 0.3) is 0 Å². The minimum Gasteiger partial charge on any atom is -0.342 e. The Balaban J connectivity index is 1.82. The van der Waals surface area contributed by atoms with Crippen molar-refractivity contribution >= 4 is 11.7 Å². The quantitative estimate of drug-likeness (QED) is 0.730. The number of ketones is 1. The molecule has 2 aliphatic carbocycles. The Bertz CT molecular complexity index is 465. The van der Waals surface area contributed by atoms with E-state index in [2.05, 4.69) is 25.8 Å². The third-order valence-electron chi connectivity index (χ3n) is 6.82. The normalized spacial score (nSPS) is 36.2. The van der Waals surface area contributed by atoms with Gasteiger partial charge in [-0.2, -0.15) is 0 Å². The van der Waals surface area contributed by atoms with Crippen LogP contribution < -0.4 is 0 Å². The Morgan fingerprint density at radius 3 is 2.33 bits per heavy atom. The van der Waals surface area contributed by atoms with Crippen molar-refractivity contribution in [2.45, 2.75) is 52.0 Å². The van der Waals surface area contributed by atoms with Crippen molar-refractivity contribution in [3.63, 3.8) is 0 Å². The molecular weight excluding hydrogens is 264 g/mol. The fourth-order valence-corrected chi connectivity index (χ4v) is 5.03. The Kier molecular flexibility index (Phi) is 3.43. The van der Waals surface area contributed by atoms with E-state index < -0.39 is 5.41 Å². The third kappa shape index (κ3) is 1.91. The first-order valence-electron chi connectivity index (χ1n) is 8.30. The average Bonchev–Trinajstić information content (AvgIpc) is 2.81. The summed E-state index contributed by atoms with van der Waals surface area (Å²) in [4.78, 5) is 30.0. The van der Waals surface area contributed by atoms with Crippen molar-refractivity contribution < 1.29 is 9.59 Å². The van der Waals surface area contributed by atoms with E-state index in [0.717, 1.165) is 38.8 Å². The lowest BCUT2D eigenvalue weighted by Crippen LogP contribution is -2.54. The Hall–Kier alpha value is -0.900. The maximum Gasteiger partial charge on any atom is 0.236 e. The maximum atomic E-state index is 13.2. The summed E-state index contributed by atoms with van der Waals surface area (Å²) in [5.41, 5.74) is -0.892. The van der Waals surface area contributed by atoms with Gasteiger partial charge < -0.3 is 9.80 Å². The van der Waals surface area contributed by atoms with Gasteiger partial charge in [-0.1, -0.05) is 13.8 Å². The molecule has 0 spiro atoms. The van der Waals surface area contributed by atoms with E-state index in [-0.39, 0.29) is 17.1 Å². The maximum absolute atomic E-state index is 13.2. The minimum absolute atomic E-state index is 0.104. The number of carbonyl (C=O) groups is 2. The van der Waals surface area contributed by atoms with Crippen LogP contribution in [0.2, 0.25) is 0 Å². The fraction of sp³-hybridized carbons (Fsp3) is 0.882. The number of likely N-dealkylation sites (tertiary alicyclic amines) is 1. The Morgan fingerprint density at radius 2 is 1.86 bits per heavy atom. The molecule has 0 radical (unpaired) electrons. The molecule has 3 rings (SSSR count). The number of rotatable bonds is 2. The van der Waals surface area contributed by atoms with Crippen molar-refractivity contribution in [3.05, 3.63) is 0 Å². The van der Waals surface area contributed by atoms with Gasteiger partial charge in [-0.3, -0.25) is 9.59 Å². The van der Waals surface area contributed by atoms with Crippen molar-refractivity contribution in [3.8, 4) is 0 Å². The topological polar surface area (TPSA) is 40.6 Å². The van der Waals surface area contributed by atoms with Crippen LogP contribution >= 0.6 is 0 Å². The van der Waals surface area contributed by atoms with Crippen LogP contribution in [0.4, 0.5) is 0 Å². The molecule has 0 aromatic rings. The summed E-state index contributed by atoms with van der Waals surface area (Å²) in [6, 6.07) is 0.298. The predicted octanol–water partition coefficient (Wildman–Crippen LogP) is 1.93. The molecule has 1 saturated heterocycles. The van der Waals surface area contributed by atoms with Gasteiger partial charge in [0, 0.05) is 19.5 Å². The van der Waals surface area contributed by atoms with E-state index in [1.165, 1.54) is 0 Å². The summed E-state index contributed by atoms with van der Waals surface area (Å²) in [6.07, 6.45) is 4.45. The first kappa shape index (κ1) is 15.0. The van der Waals surface area contributed by atoms with Crippen LogP contribution in [0, 0.1) is 16.7 Å². The van der Waals surface area contributed by atoms with Gasteiger partial charge in [-0.05, 0) is 57.2 Å². The standard InChI is InChI=1S/C17H28N2O2/c1-16(2)12-5-8-17(16,14(20)11-12)15(21)19(4)13-6-9-18(3)10-7-13/h12-13H,5-11H2,1-4H3. The molecular formula is C17H28N2O2. The average molecular weight is 292 g/mol. The van der Waals surface area contributed by atoms with Gasteiger partial charge in [-0.25, -0.2) is 0 Å². The lowest BCUT2D eigenvalue weighted by molar-refractivity contribution is -0.154. The lowest BCUT2D eigenvalue weighted by atomic mass is 9.67. The first-order chi connectivity index (χ1) is 9.80. The van der Waals surface area contributed by atoms with E-state index in [1.54, 1.807) is 0 Å². The van der Waals surface area contributed by atoms with E-state index in [0.29, 0.717) is 18.4 Å². The summed E-state index contributed by atoms with van der Waals surface area (Å²) in [6.45, 7) is 6.34. The molecule has 118 valence electrons. The van der Waals surface area contributed by atoms with Gasteiger partial charge in [0.15, 0.2) is 0 Å². The van der Waals surface area contributed by atoms with Crippen LogP contribution in [0.5, 0.6) is 0 Å². The SMILES string of the molecule is CN1CCC(N(C)C(=O)C23CCC(CC2=O)C3(C)C)CC1. The number of hydrogen-bond donors (Lipinski definition) is 0. The van der Waals surface area contributed by atoms with Gasteiger partial charge in [0.05, 0.1) is 0 Å². The van der Waals surface area contributed by atoms with Gasteiger partial charge in [0.2, 0.25) is 5.91 Å². The summed E-state index contributed by atoms with van der Waals surface area (Å²) < 4.78 is 0. The molecule has 0 N–H and O–H groups in total. The molecule has 0 aromatic carbocycles. The fourth-order valence-electron chi connectivity index (χ4n) is 5.03. The number of piperidine rings is 1. The number of hydrogen-bond acceptors (Lipinski definition) is 3. The first-order valence-corrected chi connectivity index (χ1v) is 8.30. The molecule has 2 atom stereocenters. The van der Waals surface area contributed by atoms with E-state index in [1.807, 2.05) is 11.9 Å². The van der Waals surface area contributed by atoms with Crippen molar-refractivity contribution in [1.29, 1.82) is 0 Å². The van der Waals surface area contributed by atoms with E-state index in [4.69, 9.17) is 0 Å². The molecule has 2 saturated carbocycles.